The Kier molecular flexibility index (Phi) is 14.5. The van der Waals surface area contributed by atoms with Gasteiger partial charge in [-0.25, -0.2) is 4.98 Å². The highest BCUT2D eigenvalue weighted by atomic mass is 35.5. The van der Waals surface area contributed by atoms with E-state index in [0.29, 0.717) is 19.8 Å². The van der Waals surface area contributed by atoms with Gasteiger partial charge in [0.15, 0.2) is 0 Å². The number of rotatable bonds is 21. The second-order valence-corrected chi connectivity index (χ2v) is 12.0. The molecule has 0 amide bonds. The molecule has 250 valence electrons. The molecule has 0 fully saturated rings. The van der Waals surface area contributed by atoms with Gasteiger partial charge in [-0.3, -0.25) is 0 Å². The summed E-state index contributed by atoms with van der Waals surface area (Å²) in [5.74, 6) is 3.37. The molecule has 0 radical (unpaired) electrons. The molecule has 0 N–H and O–H groups in total. The summed E-state index contributed by atoms with van der Waals surface area (Å²) in [4.78, 5) is 9.95. The molecular weight excluding hydrogens is 596 g/mol. The van der Waals surface area contributed by atoms with Gasteiger partial charge >= 0.3 is 0 Å². The molecule has 7 nitrogen and oxygen atoms in total. The van der Waals surface area contributed by atoms with Crippen LogP contribution >= 0.6 is 11.6 Å². The van der Waals surface area contributed by atoms with Crippen molar-refractivity contribution in [2.45, 2.75) is 66.8 Å². The second-order valence-electron chi connectivity index (χ2n) is 11.6. The third-order valence-electron chi connectivity index (χ3n) is 8.56. The fourth-order valence-electron chi connectivity index (χ4n) is 5.62. The SMILES string of the molecule is CCCCn1c(-c2ccc(OCCc3ccc(Cl)cc3)cc2OCCN(CC)CC)nc2ccc(OCCCN(CC)CC)cc21. The van der Waals surface area contributed by atoms with Gasteiger partial charge < -0.3 is 28.6 Å². The Morgan fingerprint density at radius 1 is 0.696 bits per heavy atom. The maximum Gasteiger partial charge on any atom is 0.144 e. The van der Waals surface area contributed by atoms with E-state index in [1.54, 1.807) is 0 Å². The van der Waals surface area contributed by atoms with E-state index in [1.807, 2.05) is 42.5 Å². The van der Waals surface area contributed by atoms with Crippen LogP contribution in [-0.4, -0.2) is 78.4 Å². The van der Waals surface area contributed by atoms with Crippen LogP contribution in [0.1, 0.15) is 59.4 Å². The van der Waals surface area contributed by atoms with Gasteiger partial charge in [0, 0.05) is 43.2 Å². The maximum absolute atomic E-state index is 6.51. The van der Waals surface area contributed by atoms with Gasteiger partial charge in [-0.1, -0.05) is 64.8 Å². The predicted octanol–water partition coefficient (Wildman–Crippen LogP) is 8.61. The highest BCUT2D eigenvalue weighted by molar-refractivity contribution is 6.30. The summed E-state index contributed by atoms with van der Waals surface area (Å²) in [6.07, 6.45) is 3.94. The molecule has 0 bridgehead atoms. The zero-order chi connectivity index (χ0) is 32.7. The van der Waals surface area contributed by atoms with E-state index in [0.717, 1.165) is 116 Å². The van der Waals surface area contributed by atoms with Crippen LogP contribution in [0.4, 0.5) is 0 Å². The Balaban J connectivity index is 1.59. The summed E-state index contributed by atoms with van der Waals surface area (Å²) in [5.41, 5.74) is 4.20. The van der Waals surface area contributed by atoms with Gasteiger partial charge in [0.25, 0.3) is 0 Å². The Morgan fingerprint density at radius 2 is 1.37 bits per heavy atom. The zero-order valence-corrected chi connectivity index (χ0v) is 29.3. The Bertz CT molecular complexity index is 1470. The van der Waals surface area contributed by atoms with Crippen molar-refractivity contribution in [3.05, 3.63) is 71.2 Å². The predicted molar refractivity (Wildman–Crippen MR) is 192 cm³/mol. The summed E-state index contributed by atoms with van der Waals surface area (Å²) in [5, 5.41) is 0.742. The van der Waals surface area contributed by atoms with Crippen LogP contribution in [0.2, 0.25) is 5.02 Å². The molecule has 1 aromatic heterocycles. The maximum atomic E-state index is 6.51. The molecule has 4 aromatic rings. The van der Waals surface area contributed by atoms with Gasteiger partial charge in [-0.15, -0.1) is 0 Å². The number of hydrogen-bond donors (Lipinski definition) is 0. The minimum Gasteiger partial charge on any atom is -0.493 e. The van der Waals surface area contributed by atoms with Gasteiger partial charge in [0.05, 0.1) is 29.8 Å². The first-order chi connectivity index (χ1) is 22.5. The third kappa shape index (κ3) is 10.1. The Labute approximate surface area is 281 Å². The van der Waals surface area contributed by atoms with Crippen LogP contribution in [0.25, 0.3) is 22.4 Å². The number of unbranched alkanes of at least 4 members (excludes halogenated alkanes) is 1. The third-order valence-corrected chi connectivity index (χ3v) is 8.81. The molecule has 0 atom stereocenters. The van der Waals surface area contributed by atoms with Gasteiger partial charge in [-0.05, 0) is 81.0 Å². The lowest BCUT2D eigenvalue weighted by atomic mass is 10.1. The van der Waals surface area contributed by atoms with Crippen molar-refractivity contribution < 1.29 is 14.2 Å². The molecule has 3 aromatic carbocycles. The number of likely N-dealkylation sites (N-methyl/N-ethyl adjacent to an activating group) is 1. The van der Waals surface area contributed by atoms with Gasteiger partial charge in [-0.2, -0.15) is 0 Å². The second kappa shape index (κ2) is 18.8. The lowest BCUT2D eigenvalue weighted by Gasteiger charge is -2.20. The number of aromatic nitrogens is 2. The van der Waals surface area contributed by atoms with E-state index in [-0.39, 0.29) is 0 Å². The first-order valence-corrected chi connectivity index (χ1v) is 17.6. The normalized spacial score (nSPS) is 11.6. The summed E-state index contributed by atoms with van der Waals surface area (Å²) >= 11 is 6.06. The van der Waals surface area contributed by atoms with Crippen molar-refractivity contribution in [1.29, 1.82) is 0 Å². The van der Waals surface area contributed by atoms with Crippen molar-refractivity contribution >= 4 is 22.6 Å². The number of halogens is 1. The van der Waals surface area contributed by atoms with Crippen LogP contribution in [0, 0.1) is 0 Å². The molecular formula is C38H53ClN4O3. The number of imidazole rings is 1. The number of fused-ring (bicyclic) bond motifs is 1. The zero-order valence-electron chi connectivity index (χ0n) is 28.6. The van der Waals surface area contributed by atoms with Gasteiger partial charge in [0.1, 0.15) is 29.7 Å². The first kappa shape index (κ1) is 35.6. The van der Waals surface area contributed by atoms with Crippen LogP contribution in [0.3, 0.4) is 0 Å². The molecule has 0 unspecified atom stereocenters. The Hall–Kier alpha value is -3.26. The first-order valence-electron chi connectivity index (χ1n) is 17.2. The lowest BCUT2D eigenvalue weighted by Crippen LogP contribution is -2.28. The quantitative estimate of drug-likeness (QED) is 0.0844. The van der Waals surface area contributed by atoms with E-state index >= 15 is 0 Å². The van der Waals surface area contributed by atoms with E-state index < -0.39 is 0 Å². The van der Waals surface area contributed by atoms with Crippen molar-refractivity contribution in [3.63, 3.8) is 0 Å². The standard InChI is InChI=1S/C38H53ClN4O3/c1-6-11-23-43-36-28-32(44-25-12-22-41(7-2)8-3)18-20-35(36)40-38(43)34-19-17-33(29-37(34)46-27-24-42(9-4)10-5)45-26-21-30-13-15-31(39)16-14-30/h13-20,28-29H,6-12,21-27H2,1-5H3. The average molecular weight is 649 g/mol. The monoisotopic (exact) mass is 648 g/mol. The topological polar surface area (TPSA) is 52.0 Å². The smallest absolute Gasteiger partial charge is 0.144 e. The van der Waals surface area contributed by atoms with Crippen LogP contribution in [-0.2, 0) is 13.0 Å². The highest BCUT2D eigenvalue weighted by Gasteiger charge is 2.19. The number of hydrogen-bond acceptors (Lipinski definition) is 6. The van der Waals surface area contributed by atoms with E-state index in [4.69, 9.17) is 30.8 Å². The van der Waals surface area contributed by atoms with Crippen molar-refractivity contribution in [1.82, 2.24) is 19.4 Å². The van der Waals surface area contributed by atoms with Crippen LogP contribution in [0.5, 0.6) is 17.2 Å². The Morgan fingerprint density at radius 3 is 2.09 bits per heavy atom. The molecule has 0 spiro atoms. The lowest BCUT2D eigenvalue weighted by molar-refractivity contribution is 0.222. The fourth-order valence-corrected chi connectivity index (χ4v) is 5.74. The van der Waals surface area contributed by atoms with Crippen molar-refractivity contribution in [2.75, 3.05) is 59.1 Å². The molecule has 1 heterocycles. The molecule has 46 heavy (non-hydrogen) atoms. The molecule has 0 aliphatic heterocycles. The molecule has 0 aliphatic rings. The molecule has 0 saturated carbocycles. The van der Waals surface area contributed by atoms with Crippen molar-refractivity contribution in [3.8, 4) is 28.6 Å². The minimum atomic E-state index is 0.562. The van der Waals surface area contributed by atoms with E-state index in [2.05, 4.69) is 67.2 Å². The summed E-state index contributed by atoms with van der Waals surface area (Å²) in [7, 11) is 0. The summed E-state index contributed by atoms with van der Waals surface area (Å²) in [6, 6.07) is 20.3. The molecule has 8 heteroatoms. The van der Waals surface area contributed by atoms with E-state index in [9.17, 15) is 0 Å². The van der Waals surface area contributed by atoms with Crippen molar-refractivity contribution in [2.24, 2.45) is 0 Å². The highest BCUT2D eigenvalue weighted by Crippen LogP contribution is 2.36. The number of benzene rings is 3. The number of ether oxygens (including phenoxy) is 3. The summed E-state index contributed by atoms with van der Waals surface area (Å²) in [6.45, 7) is 19.7. The van der Waals surface area contributed by atoms with Crippen LogP contribution < -0.4 is 14.2 Å². The molecule has 0 saturated heterocycles. The summed E-state index contributed by atoms with van der Waals surface area (Å²) < 4.78 is 21.3. The molecule has 4 rings (SSSR count). The number of aryl methyl sites for hydroxylation is 1. The largest absolute Gasteiger partial charge is 0.493 e. The fraction of sp³-hybridized carbons (Fsp3) is 0.500. The van der Waals surface area contributed by atoms with E-state index in [1.165, 1.54) is 5.56 Å². The minimum absolute atomic E-state index is 0.562. The van der Waals surface area contributed by atoms with Gasteiger partial charge in [0.2, 0.25) is 0 Å². The molecule has 0 aliphatic carbocycles. The number of nitrogens with zero attached hydrogens (tertiary/aromatic N) is 4. The average Bonchev–Trinajstić information content (AvgIpc) is 3.44. The van der Waals surface area contributed by atoms with Crippen LogP contribution in [0.15, 0.2) is 60.7 Å².